The summed E-state index contributed by atoms with van der Waals surface area (Å²) in [4.78, 5) is 24.2. The number of aliphatic carboxylic acids is 1. The fourth-order valence-corrected chi connectivity index (χ4v) is 2.27. The molecule has 0 aromatic heterocycles. The number of aliphatic hydroxyl groups is 1. The van der Waals surface area contributed by atoms with E-state index in [2.05, 4.69) is 0 Å². The predicted octanol–water partition coefficient (Wildman–Crippen LogP) is -0.310. The van der Waals surface area contributed by atoms with Crippen molar-refractivity contribution < 1.29 is 19.8 Å². The minimum absolute atomic E-state index is 0.0924. The second kappa shape index (κ2) is 3.81. The van der Waals surface area contributed by atoms with Gasteiger partial charge in [-0.2, -0.15) is 0 Å². The summed E-state index contributed by atoms with van der Waals surface area (Å²) in [6.07, 6.45) is 1.44. The van der Waals surface area contributed by atoms with Gasteiger partial charge < -0.3 is 15.1 Å². The highest BCUT2D eigenvalue weighted by atomic mass is 16.4. The zero-order valence-corrected chi connectivity index (χ0v) is 8.43. The van der Waals surface area contributed by atoms with Gasteiger partial charge in [0.15, 0.2) is 0 Å². The van der Waals surface area contributed by atoms with Gasteiger partial charge in [-0.25, -0.2) is 0 Å². The number of amides is 1. The molecule has 2 fully saturated rings. The Morgan fingerprint density at radius 2 is 1.80 bits per heavy atom. The van der Waals surface area contributed by atoms with Crippen molar-refractivity contribution in [3.8, 4) is 0 Å². The summed E-state index contributed by atoms with van der Waals surface area (Å²) in [5, 5.41) is 18.1. The molecular weight excluding hydrogens is 198 g/mol. The number of carboxylic acid groups (broad SMARTS) is 1. The minimum atomic E-state index is -0.876. The SMILES string of the molecule is O=C(O)C1CCC1C(=O)N1CC[C@@H](O)C1. The van der Waals surface area contributed by atoms with E-state index in [1.54, 1.807) is 4.90 Å². The van der Waals surface area contributed by atoms with Crippen LogP contribution in [0, 0.1) is 11.8 Å². The number of hydrogen-bond acceptors (Lipinski definition) is 3. The molecule has 15 heavy (non-hydrogen) atoms. The predicted molar refractivity (Wildman–Crippen MR) is 51.1 cm³/mol. The molecule has 3 atom stereocenters. The zero-order chi connectivity index (χ0) is 11.0. The quantitative estimate of drug-likeness (QED) is 0.659. The molecule has 0 radical (unpaired) electrons. The summed E-state index contributed by atoms with van der Waals surface area (Å²) in [5.41, 5.74) is 0. The molecule has 5 nitrogen and oxygen atoms in total. The summed E-state index contributed by atoms with van der Waals surface area (Å²) in [5.74, 6) is -1.83. The van der Waals surface area contributed by atoms with Crippen LogP contribution in [0.1, 0.15) is 19.3 Å². The fourth-order valence-electron chi connectivity index (χ4n) is 2.27. The van der Waals surface area contributed by atoms with Crippen molar-refractivity contribution in [2.45, 2.75) is 25.4 Å². The van der Waals surface area contributed by atoms with Crippen LogP contribution in [-0.4, -0.2) is 46.2 Å². The summed E-state index contributed by atoms with van der Waals surface area (Å²) in [6, 6.07) is 0. The van der Waals surface area contributed by atoms with Gasteiger partial charge in [0.05, 0.1) is 17.9 Å². The Balaban J connectivity index is 1.94. The average molecular weight is 213 g/mol. The van der Waals surface area contributed by atoms with Gasteiger partial charge in [0, 0.05) is 13.1 Å². The van der Waals surface area contributed by atoms with E-state index in [-0.39, 0.29) is 11.8 Å². The van der Waals surface area contributed by atoms with Gasteiger partial charge in [0.2, 0.25) is 5.91 Å². The summed E-state index contributed by atoms with van der Waals surface area (Å²) in [7, 11) is 0. The van der Waals surface area contributed by atoms with Crippen molar-refractivity contribution in [3.63, 3.8) is 0 Å². The first-order chi connectivity index (χ1) is 7.09. The standard InChI is InChI=1S/C10H15NO4/c12-6-3-4-11(5-6)9(13)7-1-2-8(7)10(14)15/h6-8,12H,1-5H2,(H,14,15)/t6-,7?,8?/m1/s1. The highest BCUT2D eigenvalue weighted by Gasteiger charge is 2.44. The lowest BCUT2D eigenvalue weighted by Gasteiger charge is -2.34. The Labute approximate surface area is 87.7 Å². The number of hydrogen-bond donors (Lipinski definition) is 2. The van der Waals surface area contributed by atoms with Crippen LogP contribution in [0.4, 0.5) is 0 Å². The van der Waals surface area contributed by atoms with Crippen molar-refractivity contribution >= 4 is 11.9 Å². The molecule has 2 aliphatic rings. The molecule has 1 saturated heterocycles. The third kappa shape index (κ3) is 1.84. The molecule has 5 heteroatoms. The lowest BCUT2D eigenvalue weighted by Crippen LogP contribution is -2.45. The number of nitrogens with zero attached hydrogens (tertiary/aromatic N) is 1. The van der Waals surface area contributed by atoms with Crippen LogP contribution in [0.15, 0.2) is 0 Å². The van der Waals surface area contributed by atoms with Crippen molar-refractivity contribution in [1.29, 1.82) is 0 Å². The Bertz CT molecular complexity index is 291. The summed E-state index contributed by atoms with van der Waals surface area (Å²) in [6.45, 7) is 0.921. The van der Waals surface area contributed by atoms with Gasteiger partial charge in [0.25, 0.3) is 0 Å². The Kier molecular flexibility index (Phi) is 2.65. The van der Waals surface area contributed by atoms with Crippen LogP contribution in [-0.2, 0) is 9.59 Å². The molecule has 1 saturated carbocycles. The monoisotopic (exact) mass is 213 g/mol. The molecule has 0 aromatic carbocycles. The third-order valence-electron chi connectivity index (χ3n) is 3.38. The molecule has 1 heterocycles. The van der Waals surface area contributed by atoms with E-state index in [1.165, 1.54) is 0 Å². The lowest BCUT2D eigenvalue weighted by molar-refractivity contribution is -0.156. The van der Waals surface area contributed by atoms with Gasteiger partial charge >= 0.3 is 5.97 Å². The highest BCUT2D eigenvalue weighted by molar-refractivity contribution is 5.86. The Morgan fingerprint density at radius 1 is 1.13 bits per heavy atom. The number of likely N-dealkylation sites (tertiary alicyclic amines) is 1. The van der Waals surface area contributed by atoms with Gasteiger partial charge in [-0.05, 0) is 19.3 Å². The fraction of sp³-hybridized carbons (Fsp3) is 0.800. The van der Waals surface area contributed by atoms with Crippen molar-refractivity contribution in [1.82, 2.24) is 4.90 Å². The first-order valence-electron chi connectivity index (χ1n) is 5.29. The molecule has 0 bridgehead atoms. The van der Waals surface area contributed by atoms with E-state index in [4.69, 9.17) is 5.11 Å². The van der Waals surface area contributed by atoms with Crippen LogP contribution >= 0.6 is 0 Å². The molecule has 1 amide bonds. The topological polar surface area (TPSA) is 77.8 Å². The van der Waals surface area contributed by atoms with Crippen molar-refractivity contribution in [2.75, 3.05) is 13.1 Å². The molecular formula is C10H15NO4. The van der Waals surface area contributed by atoms with E-state index in [9.17, 15) is 14.7 Å². The zero-order valence-electron chi connectivity index (χ0n) is 8.43. The number of β-amino-alcohol motifs (C(OH)–C–C–N with tert-alkyl or cyclic N) is 1. The molecule has 2 N–H and O–H groups in total. The van der Waals surface area contributed by atoms with Gasteiger partial charge in [-0.3, -0.25) is 9.59 Å². The molecule has 0 spiro atoms. The molecule has 1 aliphatic heterocycles. The number of carbonyl (C=O) groups is 2. The maximum atomic E-state index is 11.8. The van der Waals surface area contributed by atoms with E-state index in [1.807, 2.05) is 0 Å². The maximum absolute atomic E-state index is 11.8. The number of carboxylic acids is 1. The average Bonchev–Trinajstić information content (AvgIpc) is 2.48. The first-order valence-corrected chi connectivity index (χ1v) is 5.29. The number of rotatable bonds is 2. The summed E-state index contributed by atoms with van der Waals surface area (Å²) >= 11 is 0. The number of aliphatic hydroxyl groups excluding tert-OH is 1. The van der Waals surface area contributed by atoms with Crippen molar-refractivity contribution in [2.24, 2.45) is 11.8 Å². The van der Waals surface area contributed by atoms with Crippen LogP contribution in [0.5, 0.6) is 0 Å². The van der Waals surface area contributed by atoms with Crippen LogP contribution in [0.2, 0.25) is 0 Å². The molecule has 2 rings (SSSR count). The van der Waals surface area contributed by atoms with E-state index in [0.29, 0.717) is 32.4 Å². The molecule has 84 valence electrons. The van der Waals surface area contributed by atoms with Crippen LogP contribution in [0.3, 0.4) is 0 Å². The minimum Gasteiger partial charge on any atom is -0.481 e. The lowest BCUT2D eigenvalue weighted by atomic mass is 9.73. The molecule has 0 aromatic rings. The Hall–Kier alpha value is -1.10. The van der Waals surface area contributed by atoms with E-state index < -0.39 is 18.0 Å². The largest absolute Gasteiger partial charge is 0.481 e. The maximum Gasteiger partial charge on any atom is 0.307 e. The van der Waals surface area contributed by atoms with E-state index >= 15 is 0 Å². The van der Waals surface area contributed by atoms with Crippen LogP contribution in [0.25, 0.3) is 0 Å². The van der Waals surface area contributed by atoms with Crippen molar-refractivity contribution in [3.05, 3.63) is 0 Å². The molecule has 2 unspecified atom stereocenters. The highest BCUT2D eigenvalue weighted by Crippen LogP contribution is 2.36. The Morgan fingerprint density at radius 3 is 2.20 bits per heavy atom. The van der Waals surface area contributed by atoms with E-state index in [0.717, 1.165) is 0 Å². The van der Waals surface area contributed by atoms with Gasteiger partial charge in [-0.1, -0.05) is 0 Å². The smallest absolute Gasteiger partial charge is 0.307 e. The summed E-state index contributed by atoms with van der Waals surface area (Å²) < 4.78 is 0. The number of carbonyl (C=O) groups excluding carboxylic acids is 1. The van der Waals surface area contributed by atoms with Gasteiger partial charge in [0.1, 0.15) is 0 Å². The van der Waals surface area contributed by atoms with Gasteiger partial charge in [-0.15, -0.1) is 0 Å². The second-order valence-corrected chi connectivity index (χ2v) is 4.36. The second-order valence-electron chi connectivity index (χ2n) is 4.36. The first kappa shape index (κ1) is 10.4. The van der Waals surface area contributed by atoms with Crippen LogP contribution < -0.4 is 0 Å². The normalized spacial score (nSPS) is 35.0. The third-order valence-corrected chi connectivity index (χ3v) is 3.38. The molecule has 1 aliphatic carbocycles.